The molecule has 0 aliphatic carbocycles. The molecule has 0 spiro atoms. The van der Waals surface area contributed by atoms with Gasteiger partial charge in [0.15, 0.2) is 5.78 Å². The SMILES string of the molecule is CSS(C)(C)c1ccc(C(=O)c2ccccc2)cc1. The molecule has 0 atom stereocenters. The number of rotatable bonds is 4. The molecule has 0 amide bonds. The summed E-state index contributed by atoms with van der Waals surface area (Å²) < 4.78 is 0. The van der Waals surface area contributed by atoms with Gasteiger partial charge in [0.1, 0.15) is 0 Å². The second kappa shape index (κ2) is 5.85. The second-order valence-electron chi connectivity index (χ2n) is 4.62. The fourth-order valence-corrected chi connectivity index (χ4v) is 3.68. The second-order valence-corrected chi connectivity index (χ2v) is 11.4. The van der Waals surface area contributed by atoms with Crippen LogP contribution in [0.15, 0.2) is 59.5 Å². The topological polar surface area (TPSA) is 17.1 Å². The summed E-state index contributed by atoms with van der Waals surface area (Å²) in [7, 11) is 1.09. The maximum absolute atomic E-state index is 12.3. The minimum atomic E-state index is -0.800. The lowest BCUT2D eigenvalue weighted by Gasteiger charge is -2.28. The molecular weight excluding hydrogens is 272 g/mol. The van der Waals surface area contributed by atoms with E-state index < -0.39 is 9.06 Å². The molecule has 2 rings (SSSR count). The van der Waals surface area contributed by atoms with Crippen molar-refractivity contribution in [1.82, 2.24) is 0 Å². The minimum Gasteiger partial charge on any atom is -0.289 e. The van der Waals surface area contributed by atoms with E-state index in [9.17, 15) is 4.79 Å². The Kier molecular flexibility index (Phi) is 4.38. The van der Waals surface area contributed by atoms with E-state index in [0.717, 1.165) is 11.1 Å². The van der Waals surface area contributed by atoms with Gasteiger partial charge in [0.25, 0.3) is 0 Å². The molecule has 0 fully saturated rings. The summed E-state index contributed by atoms with van der Waals surface area (Å²) in [5.41, 5.74) is 1.50. The van der Waals surface area contributed by atoms with E-state index in [2.05, 4.69) is 30.9 Å². The first kappa shape index (κ1) is 14.2. The van der Waals surface area contributed by atoms with Crippen molar-refractivity contribution in [3.05, 3.63) is 65.7 Å². The first-order valence-electron chi connectivity index (χ1n) is 6.03. The molecule has 3 heteroatoms. The summed E-state index contributed by atoms with van der Waals surface area (Å²) in [6, 6.07) is 17.5. The van der Waals surface area contributed by atoms with Crippen LogP contribution >= 0.6 is 19.9 Å². The lowest BCUT2D eigenvalue weighted by molar-refractivity contribution is 0.103. The highest BCUT2D eigenvalue weighted by atomic mass is 33.2. The Labute approximate surface area is 120 Å². The molecule has 0 aliphatic heterocycles. The Hall–Kier alpha value is -1.19. The fourth-order valence-electron chi connectivity index (χ4n) is 1.79. The summed E-state index contributed by atoms with van der Waals surface area (Å²) >= 11 is 0. The van der Waals surface area contributed by atoms with E-state index in [-0.39, 0.29) is 5.78 Å². The summed E-state index contributed by atoms with van der Waals surface area (Å²) in [5, 5.41) is 0. The third-order valence-corrected chi connectivity index (χ3v) is 8.45. The molecule has 2 aromatic carbocycles. The Morgan fingerprint density at radius 1 is 0.895 bits per heavy atom. The van der Waals surface area contributed by atoms with Gasteiger partial charge in [-0.25, -0.2) is 0 Å². The van der Waals surface area contributed by atoms with Gasteiger partial charge >= 0.3 is 0 Å². The van der Waals surface area contributed by atoms with E-state index in [0.29, 0.717) is 0 Å². The number of hydrogen-bond acceptors (Lipinski definition) is 2. The standard InChI is InChI=1S/C16H18OS2/c1-18-19(2,3)15-11-9-14(10-12-15)16(17)13-7-5-4-6-8-13/h4-12H,1-3H3. The van der Waals surface area contributed by atoms with E-state index in [4.69, 9.17) is 0 Å². The summed E-state index contributed by atoms with van der Waals surface area (Å²) in [4.78, 5) is 13.6. The number of carbonyl (C=O) groups excluding carboxylic acids is 1. The van der Waals surface area contributed by atoms with Crippen molar-refractivity contribution in [3.63, 3.8) is 0 Å². The molecule has 0 N–H and O–H groups in total. The third-order valence-electron chi connectivity index (χ3n) is 3.14. The molecule has 1 nitrogen and oxygen atoms in total. The van der Waals surface area contributed by atoms with Crippen LogP contribution < -0.4 is 0 Å². The zero-order valence-electron chi connectivity index (χ0n) is 11.4. The van der Waals surface area contributed by atoms with Crippen LogP contribution in [0.4, 0.5) is 0 Å². The van der Waals surface area contributed by atoms with Gasteiger partial charge in [-0.1, -0.05) is 30.3 Å². The number of hydrogen-bond donors (Lipinski definition) is 0. The van der Waals surface area contributed by atoms with Gasteiger partial charge in [0.2, 0.25) is 0 Å². The average Bonchev–Trinajstić information content (AvgIpc) is 2.47. The Morgan fingerprint density at radius 3 is 1.95 bits per heavy atom. The molecule has 0 unspecified atom stereocenters. The number of benzene rings is 2. The molecule has 0 aliphatic rings. The number of carbonyl (C=O) groups is 1. The van der Waals surface area contributed by atoms with Crippen LogP contribution in [0.25, 0.3) is 0 Å². The average molecular weight is 290 g/mol. The third kappa shape index (κ3) is 3.23. The van der Waals surface area contributed by atoms with Crippen LogP contribution in [-0.2, 0) is 0 Å². The monoisotopic (exact) mass is 290 g/mol. The zero-order valence-corrected chi connectivity index (χ0v) is 13.1. The van der Waals surface area contributed by atoms with Gasteiger partial charge in [-0.15, -0.1) is 10.8 Å². The van der Waals surface area contributed by atoms with Gasteiger partial charge < -0.3 is 0 Å². The van der Waals surface area contributed by atoms with Crippen LogP contribution in [0.3, 0.4) is 0 Å². The molecule has 0 bridgehead atoms. The van der Waals surface area contributed by atoms with Crippen molar-refractivity contribution in [3.8, 4) is 0 Å². The van der Waals surface area contributed by atoms with E-state index in [1.807, 2.05) is 53.3 Å². The first-order valence-corrected chi connectivity index (χ1v) is 10.2. The predicted octanol–water partition coefficient (Wildman–Crippen LogP) is 4.62. The highest BCUT2D eigenvalue weighted by Crippen LogP contribution is 2.58. The van der Waals surface area contributed by atoms with Crippen LogP contribution in [-0.4, -0.2) is 24.6 Å². The molecule has 19 heavy (non-hydrogen) atoms. The van der Waals surface area contributed by atoms with E-state index in [1.165, 1.54) is 4.90 Å². The Bertz CT molecular complexity index is 559. The molecule has 0 aromatic heterocycles. The van der Waals surface area contributed by atoms with Crippen LogP contribution in [0, 0.1) is 0 Å². The van der Waals surface area contributed by atoms with Gasteiger partial charge in [0, 0.05) is 11.1 Å². The van der Waals surface area contributed by atoms with Crippen molar-refractivity contribution in [1.29, 1.82) is 0 Å². The molecule has 2 aromatic rings. The summed E-state index contributed by atoms with van der Waals surface area (Å²) in [6.07, 6.45) is 6.68. The Morgan fingerprint density at radius 2 is 1.42 bits per heavy atom. The van der Waals surface area contributed by atoms with Gasteiger partial charge in [-0.05, 0) is 47.9 Å². The summed E-state index contributed by atoms with van der Waals surface area (Å²) in [5.74, 6) is 0.0871. The van der Waals surface area contributed by atoms with Crippen molar-refractivity contribution in [2.24, 2.45) is 0 Å². The molecule has 0 heterocycles. The first-order chi connectivity index (χ1) is 9.04. The fraction of sp³-hybridized carbons (Fsp3) is 0.188. The highest BCUT2D eigenvalue weighted by Gasteiger charge is 2.14. The van der Waals surface area contributed by atoms with Crippen molar-refractivity contribution in [2.75, 3.05) is 18.8 Å². The quantitative estimate of drug-likeness (QED) is 0.604. The molecule has 100 valence electrons. The normalized spacial score (nSPS) is 12.2. The van der Waals surface area contributed by atoms with E-state index in [1.54, 1.807) is 0 Å². The minimum absolute atomic E-state index is 0.0871. The highest BCUT2D eigenvalue weighted by molar-refractivity contribution is 8.93. The van der Waals surface area contributed by atoms with Crippen molar-refractivity contribution >= 4 is 25.6 Å². The van der Waals surface area contributed by atoms with Gasteiger partial charge in [-0.3, -0.25) is 4.79 Å². The van der Waals surface area contributed by atoms with E-state index >= 15 is 0 Å². The zero-order chi connectivity index (χ0) is 13.9. The lowest BCUT2D eigenvalue weighted by atomic mass is 10.0. The molecule has 0 saturated heterocycles. The summed E-state index contributed by atoms with van der Waals surface area (Å²) in [6.45, 7) is 0. The molecular formula is C16H18OS2. The van der Waals surface area contributed by atoms with Crippen LogP contribution in [0.5, 0.6) is 0 Å². The predicted molar refractivity (Wildman–Crippen MR) is 87.5 cm³/mol. The smallest absolute Gasteiger partial charge is 0.193 e. The number of ketones is 1. The van der Waals surface area contributed by atoms with Gasteiger partial charge in [-0.2, -0.15) is 9.06 Å². The Balaban J connectivity index is 2.27. The van der Waals surface area contributed by atoms with Crippen LogP contribution in [0.2, 0.25) is 0 Å². The van der Waals surface area contributed by atoms with Gasteiger partial charge in [0.05, 0.1) is 0 Å². The maximum Gasteiger partial charge on any atom is 0.193 e. The maximum atomic E-state index is 12.3. The van der Waals surface area contributed by atoms with Crippen LogP contribution in [0.1, 0.15) is 15.9 Å². The van der Waals surface area contributed by atoms with Crippen molar-refractivity contribution in [2.45, 2.75) is 4.90 Å². The van der Waals surface area contributed by atoms with Crippen molar-refractivity contribution < 1.29 is 4.79 Å². The molecule has 0 saturated carbocycles. The molecule has 0 radical (unpaired) electrons. The largest absolute Gasteiger partial charge is 0.289 e. The lowest BCUT2D eigenvalue weighted by Crippen LogP contribution is -2.01.